The first-order valence-corrected chi connectivity index (χ1v) is 4.62. The average Bonchev–Trinajstić information content (AvgIpc) is 2.89. The van der Waals surface area contributed by atoms with Crippen molar-refractivity contribution in [1.29, 1.82) is 0 Å². The lowest BCUT2D eigenvalue weighted by molar-refractivity contribution is 0.411. The lowest BCUT2D eigenvalue weighted by Crippen LogP contribution is -2.14. The summed E-state index contributed by atoms with van der Waals surface area (Å²) in [6, 6.07) is 4.37. The zero-order valence-corrected chi connectivity index (χ0v) is 8.66. The molecule has 0 unspecified atom stereocenters. The number of aromatic amines is 1. The number of methoxy groups -OCH3 is 1. The van der Waals surface area contributed by atoms with E-state index in [1.807, 2.05) is 0 Å². The highest BCUT2D eigenvalue weighted by Crippen LogP contribution is 2.28. The van der Waals surface area contributed by atoms with Gasteiger partial charge in [-0.15, -0.1) is 0 Å². The summed E-state index contributed by atoms with van der Waals surface area (Å²) in [5, 5.41) is 0.0384. The number of H-pyrrole nitrogens is 1. The van der Waals surface area contributed by atoms with Crippen molar-refractivity contribution in [1.82, 2.24) is 9.88 Å². The summed E-state index contributed by atoms with van der Waals surface area (Å²) < 4.78 is 81.5. The largest absolute Gasteiger partial charge is 0.496 e. The molecule has 0 amide bonds. The molecule has 0 bridgehead atoms. The molecule has 0 radical (unpaired) electrons. The number of likely N-dealkylation sites (N-methyl/N-ethyl adjacent to an activating group) is 1. The lowest BCUT2D eigenvalue weighted by Gasteiger charge is -2.09. The van der Waals surface area contributed by atoms with Crippen molar-refractivity contribution in [2.24, 2.45) is 0 Å². The molecular formula is C13H18N2O. The third-order valence-corrected chi connectivity index (χ3v) is 2.14. The van der Waals surface area contributed by atoms with E-state index in [9.17, 15) is 0 Å². The van der Waals surface area contributed by atoms with Crippen LogP contribution in [0.3, 0.4) is 0 Å². The van der Waals surface area contributed by atoms with Crippen LogP contribution < -0.4 is 4.74 Å². The van der Waals surface area contributed by atoms with Crippen LogP contribution in [0.25, 0.3) is 10.9 Å². The summed E-state index contributed by atoms with van der Waals surface area (Å²) in [6.07, 6.45) is -1.62. The molecule has 0 saturated carbocycles. The fourth-order valence-corrected chi connectivity index (χ4v) is 1.48. The molecule has 0 saturated heterocycles. The number of benzene rings is 1. The Morgan fingerprint density at radius 1 is 1.56 bits per heavy atom. The zero-order valence-electron chi connectivity index (χ0n) is 18.7. The minimum atomic E-state index is -2.93. The zero-order chi connectivity index (χ0) is 20.1. The highest BCUT2D eigenvalue weighted by atomic mass is 16.5. The van der Waals surface area contributed by atoms with Crippen LogP contribution in [0.2, 0.25) is 0 Å². The summed E-state index contributed by atoms with van der Waals surface area (Å²) in [6.45, 7) is -5.80. The first-order chi connectivity index (χ1) is 11.6. The van der Waals surface area contributed by atoms with Crippen LogP contribution in [0.4, 0.5) is 0 Å². The Hall–Kier alpha value is -1.48. The second-order valence-electron chi connectivity index (χ2n) is 3.28. The summed E-state index contributed by atoms with van der Waals surface area (Å²) in [7, 11) is -1.83. The number of hydrogen-bond acceptors (Lipinski definition) is 2. The van der Waals surface area contributed by atoms with Gasteiger partial charge in [-0.2, -0.15) is 0 Å². The van der Waals surface area contributed by atoms with Crippen molar-refractivity contribution in [3.8, 4) is 5.75 Å². The maximum Gasteiger partial charge on any atom is 0.128 e. The number of fused-ring (bicyclic) bond motifs is 1. The van der Waals surface area contributed by atoms with Gasteiger partial charge < -0.3 is 14.6 Å². The van der Waals surface area contributed by atoms with Crippen LogP contribution in [0.1, 0.15) is 19.3 Å². The molecule has 3 heteroatoms. The monoisotopic (exact) mass is 228 g/mol. The molecular weight excluding hydrogens is 200 g/mol. The lowest BCUT2D eigenvalue weighted by atomic mass is 10.1. The highest BCUT2D eigenvalue weighted by molar-refractivity contribution is 5.89. The fraction of sp³-hybridized carbons (Fsp3) is 0.385. The second kappa shape index (κ2) is 4.58. The van der Waals surface area contributed by atoms with Gasteiger partial charge in [0.05, 0.1) is 11.2 Å². The summed E-state index contributed by atoms with van der Waals surface area (Å²) in [4.78, 5) is 3.07. The molecule has 1 aromatic carbocycles. The maximum atomic E-state index is 8.29. The molecule has 2 aromatic rings. The number of hydrogen-bond donors (Lipinski definition) is 1. The van der Waals surface area contributed by atoms with Crippen LogP contribution in [0, 0.1) is 0 Å². The third-order valence-electron chi connectivity index (χ3n) is 2.14. The van der Waals surface area contributed by atoms with Gasteiger partial charge in [-0.05, 0) is 38.1 Å². The number of aromatic nitrogens is 1. The normalized spacial score (nSPS) is 23.9. The highest BCUT2D eigenvalue weighted by Gasteiger charge is 2.08. The maximum absolute atomic E-state index is 8.29. The quantitative estimate of drug-likeness (QED) is 0.869. The second-order valence-corrected chi connectivity index (χ2v) is 3.28. The van der Waals surface area contributed by atoms with E-state index in [2.05, 4.69) is 4.98 Å². The Morgan fingerprint density at radius 2 is 2.50 bits per heavy atom. The molecule has 0 aliphatic rings. The number of aryl methyl sites for hydroxylation is 1. The topological polar surface area (TPSA) is 28.3 Å². The molecule has 16 heavy (non-hydrogen) atoms. The van der Waals surface area contributed by atoms with Crippen molar-refractivity contribution in [2.45, 2.75) is 6.37 Å². The van der Waals surface area contributed by atoms with Gasteiger partial charge in [-0.1, -0.05) is 6.07 Å². The van der Waals surface area contributed by atoms with Crippen LogP contribution in [-0.4, -0.2) is 37.4 Å². The summed E-state index contributed by atoms with van der Waals surface area (Å²) >= 11 is 0. The molecule has 0 aliphatic heterocycles. The van der Waals surface area contributed by atoms with E-state index in [-0.39, 0.29) is 16.7 Å². The SMILES string of the molecule is [2H]C([2H])([2H])Oc1cccc2[nH]cc(C([2H])([2H])C([2H])([2H])N(C)C([2H])([2H])[2H])c12. The van der Waals surface area contributed by atoms with Crippen molar-refractivity contribution in [3.63, 3.8) is 0 Å². The molecule has 0 atom stereocenters. The van der Waals surface area contributed by atoms with Gasteiger partial charge in [0.25, 0.3) is 0 Å². The Balaban J connectivity index is 2.65. The minimum Gasteiger partial charge on any atom is -0.496 e. The average molecular weight is 228 g/mol. The van der Waals surface area contributed by atoms with E-state index in [0.717, 1.165) is 7.05 Å². The molecule has 2 rings (SSSR count). The Labute approximate surface area is 110 Å². The smallest absolute Gasteiger partial charge is 0.128 e. The summed E-state index contributed by atoms with van der Waals surface area (Å²) in [5.74, 6) is -0.157. The van der Waals surface area contributed by atoms with Crippen LogP contribution in [-0.2, 0) is 6.37 Å². The number of nitrogens with one attached hydrogen (secondary N) is 1. The van der Waals surface area contributed by atoms with E-state index >= 15 is 0 Å². The third kappa shape index (κ3) is 2.04. The van der Waals surface area contributed by atoms with Crippen LogP contribution >= 0.6 is 0 Å². The minimum absolute atomic E-state index is 0.0384. The number of ether oxygens (including phenoxy) is 1. The van der Waals surface area contributed by atoms with Gasteiger partial charge in [-0.3, -0.25) is 0 Å². The number of nitrogens with zero attached hydrogens (tertiary/aromatic N) is 1. The van der Waals surface area contributed by atoms with Gasteiger partial charge in [0.15, 0.2) is 0 Å². The summed E-state index contributed by atoms with van der Waals surface area (Å²) in [5.41, 5.74) is 0.0893. The van der Waals surface area contributed by atoms with E-state index in [4.69, 9.17) is 18.4 Å². The Bertz CT molecular complexity index is 792. The molecule has 1 heterocycles. The number of rotatable bonds is 4. The fourth-order valence-electron chi connectivity index (χ4n) is 1.48. The van der Waals surface area contributed by atoms with E-state index in [1.165, 1.54) is 18.3 Å². The van der Waals surface area contributed by atoms with Gasteiger partial charge in [0, 0.05) is 33.2 Å². The van der Waals surface area contributed by atoms with Gasteiger partial charge >= 0.3 is 0 Å². The molecule has 1 N–H and O–H groups in total. The predicted molar refractivity (Wildman–Crippen MR) is 67.1 cm³/mol. The standard InChI is InChI=1S/C13H18N2O/c1-15(2)8-7-10-9-14-11-5-4-6-12(16-3)13(10)11/h4-6,9,14H,7-8H2,1-3H3/i1D3,3D3,7D2,8D2. The van der Waals surface area contributed by atoms with Crippen molar-refractivity contribution in [2.75, 3.05) is 27.6 Å². The molecule has 86 valence electrons. The Morgan fingerprint density at radius 3 is 3.31 bits per heavy atom. The van der Waals surface area contributed by atoms with Gasteiger partial charge in [0.1, 0.15) is 5.75 Å². The van der Waals surface area contributed by atoms with E-state index in [1.54, 1.807) is 6.07 Å². The van der Waals surface area contributed by atoms with Crippen LogP contribution in [0.5, 0.6) is 5.75 Å². The van der Waals surface area contributed by atoms with Crippen molar-refractivity contribution in [3.05, 3.63) is 30.0 Å². The molecule has 1 aromatic heterocycles. The van der Waals surface area contributed by atoms with Crippen molar-refractivity contribution >= 4 is 10.9 Å². The molecule has 0 spiro atoms. The first kappa shape index (κ1) is 4.08. The molecule has 0 fully saturated rings. The van der Waals surface area contributed by atoms with Crippen molar-refractivity contribution < 1.29 is 18.4 Å². The predicted octanol–water partition coefficient (Wildman–Crippen LogP) is 2.28. The first-order valence-electron chi connectivity index (χ1n) is 9.62. The molecule has 3 nitrogen and oxygen atoms in total. The van der Waals surface area contributed by atoms with E-state index in [0.29, 0.717) is 10.4 Å². The van der Waals surface area contributed by atoms with Gasteiger partial charge in [0.2, 0.25) is 0 Å². The van der Waals surface area contributed by atoms with E-state index < -0.39 is 26.9 Å². The van der Waals surface area contributed by atoms with Gasteiger partial charge in [-0.25, -0.2) is 0 Å². The molecule has 0 aliphatic carbocycles. The van der Waals surface area contributed by atoms with Crippen LogP contribution in [0.15, 0.2) is 24.4 Å². The Kier molecular flexibility index (Phi) is 1.17.